The van der Waals surface area contributed by atoms with Crippen LogP contribution in [0.3, 0.4) is 0 Å². The highest BCUT2D eigenvalue weighted by atomic mass is 16.2. The minimum Gasteiger partial charge on any atom is -0.342 e. The van der Waals surface area contributed by atoms with E-state index in [1.807, 2.05) is 0 Å². The van der Waals surface area contributed by atoms with Crippen LogP contribution in [-0.2, 0) is 9.59 Å². The van der Waals surface area contributed by atoms with Crippen LogP contribution in [0.15, 0.2) is 0 Å². The van der Waals surface area contributed by atoms with Crippen LogP contribution in [0.2, 0.25) is 0 Å². The van der Waals surface area contributed by atoms with Gasteiger partial charge in [-0.2, -0.15) is 0 Å². The van der Waals surface area contributed by atoms with Gasteiger partial charge in [0.25, 0.3) is 0 Å². The number of rotatable bonds is 7. The molecule has 0 aromatic carbocycles. The van der Waals surface area contributed by atoms with Crippen LogP contribution in [0.4, 0.5) is 0 Å². The number of unbranched alkanes of at least 4 members (excludes halogenated alkanes) is 1. The molecule has 3 aliphatic rings. The molecule has 2 amide bonds. The van der Waals surface area contributed by atoms with Crippen molar-refractivity contribution in [2.24, 2.45) is 11.8 Å². The Morgan fingerprint density at radius 1 is 0.828 bits per heavy atom. The van der Waals surface area contributed by atoms with E-state index in [0.29, 0.717) is 17.9 Å². The Morgan fingerprint density at radius 3 is 2.07 bits per heavy atom. The largest absolute Gasteiger partial charge is 0.342 e. The van der Waals surface area contributed by atoms with Crippen molar-refractivity contribution in [2.75, 3.05) is 39.3 Å². The van der Waals surface area contributed by atoms with Gasteiger partial charge in [-0.05, 0) is 70.9 Å². The van der Waals surface area contributed by atoms with Gasteiger partial charge in [0, 0.05) is 44.1 Å². The van der Waals surface area contributed by atoms with Gasteiger partial charge < -0.3 is 14.7 Å². The van der Waals surface area contributed by atoms with Crippen LogP contribution in [0.25, 0.3) is 0 Å². The van der Waals surface area contributed by atoms with Gasteiger partial charge in [0.2, 0.25) is 11.8 Å². The average molecular weight is 406 g/mol. The lowest BCUT2D eigenvalue weighted by molar-refractivity contribution is -0.140. The normalized spacial score (nSPS) is 23.9. The number of hydrogen-bond acceptors (Lipinski definition) is 3. The van der Waals surface area contributed by atoms with E-state index in [2.05, 4.69) is 28.5 Å². The summed E-state index contributed by atoms with van der Waals surface area (Å²) < 4.78 is 0. The van der Waals surface area contributed by atoms with Gasteiger partial charge in [-0.3, -0.25) is 9.59 Å². The second kappa shape index (κ2) is 11.3. The first-order chi connectivity index (χ1) is 14.1. The van der Waals surface area contributed by atoms with E-state index in [1.54, 1.807) is 0 Å². The Morgan fingerprint density at radius 2 is 1.48 bits per heavy atom. The first-order valence-electron chi connectivity index (χ1n) is 12.5. The van der Waals surface area contributed by atoms with E-state index in [1.165, 1.54) is 25.7 Å². The summed E-state index contributed by atoms with van der Waals surface area (Å²) in [5, 5.41) is 0. The molecular formula is C24H43N3O2. The molecule has 0 aromatic heterocycles. The maximum absolute atomic E-state index is 12.9. The van der Waals surface area contributed by atoms with E-state index >= 15 is 0 Å². The number of carbonyl (C=O) groups excluding carboxylic acids is 2. The summed E-state index contributed by atoms with van der Waals surface area (Å²) in [4.78, 5) is 32.5. The summed E-state index contributed by atoms with van der Waals surface area (Å²) >= 11 is 0. The van der Waals surface area contributed by atoms with Crippen molar-refractivity contribution in [3.63, 3.8) is 0 Å². The molecule has 0 aliphatic carbocycles. The van der Waals surface area contributed by atoms with Crippen molar-refractivity contribution in [1.82, 2.24) is 14.7 Å². The molecule has 0 aromatic rings. The minimum atomic E-state index is 0.225. The molecule has 0 saturated carbocycles. The maximum Gasteiger partial charge on any atom is 0.225 e. The highest BCUT2D eigenvalue weighted by Gasteiger charge is 2.34. The van der Waals surface area contributed by atoms with Crippen LogP contribution >= 0.6 is 0 Å². The fourth-order valence-electron chi connectivity index (χ4n) is 5.55. The third-order valence-corrected chi connectivity index (χ3v) is 7.59. The molecule has 3 fully saturated rings. The lowest BCUT2D eigenvalue weighted by Gasteiger charge is -2.42. The predicted octanol–water partition coefficient (Wildman–Crippen LogP) is 3.92. The third-order valence-electron chi connectivity index (χ3n) is 7.59. The van der Waals surface area contributed by atoms with Crippen LogP contribution in [0.5, 0.6) is 0 Å². The third kappa shape index (κ3) is 5.96. The smallest absolute Gasteiger partial charge is 0.225 e. The molecule has 5 heteroatoms. The van der Waals surface area contributed by atoms with Gasteiger partial charge in [0.1, 0.15) is 0 Å². The SMILES string of the molecule is CCCCC(CC)C(=O)N1CCC(N2CCC(C(=O)N3CCCCC3)CC2)CC1. The van der Waals surface area contributed by atoms with Crippen molar-refractivity contribution in [1.29, 1.82) is 0 Å². The highest BCUT2D eigenvalue weighted by Crippen LogP contribution is 2.27. The number of amides is 2. The molecule has 3 saturated heterocycles. The summed E-state index contributed by atoms with van der Waals surface area (Å²) in [7, 11) is 0. The van der Waals surface area contributed by atoms with Gasteiger partial charge in [0.05, 0.1) is 0 Å². The molecule has 1 atom stereocenters. The van der Waals surface area contributed by atoms with Crippen molar-refractivity contribution >= 4 is 11.8 Å². The molecule has 0 radical (unpaired) electrons. The second-order valence-electron chi connectivity index (χ2n) is 9.50. The fourth-order valence-corrected chi connectivity index (χ4v) is 5.55. The van der Waals surface area contributed by atoms with E-state index in [0.717, 1.165) is 84.2 Å². The Bertz CT molecular complexity index is 516. The summed E-state index contributed by atoms with van der Waals surface area (Å²) in [6, 6.07) is 0.598. The molecule has 1 unspecified atom stereocenters. The van der Waals surface area contributed by atoms with Gasteiger partial charge in [-0.25, -0.2) is 0 Å². The molecule has 0 bridgehead atoms. The van der Waals surface area contributed by atoms with Crippen LogP contribution in [-0.4, -0.2) is 71.8 Å². The van der Waals surface area contributed by atoms with Crippen LogP contribution in [0.1, 0.15) is 84.5 Å². The number of nitrogens with zero attached hydrogens (tertiary/aromatic N) is 3. The summed E-state index contributed by atoms with van der Waals surface area (Å²) in [5.74, 6) is 1.28. The predicted molar refractivity (Wildman–Crippen MR) is 118 cm³/mol. The van der Waals surface area contributed by atoms with Gasteiger partial charge >= 0.3 is 0 Å². The van der Waals surface area contributed by atoms with Crippen LogP contribution < -0.4 is 0 Å². The molecule has 3 rings (SSSR count). The van der Waals surface area contributed by atoms with Crippen molar-refractivity contribution in [3.05, 3.63) is 0 Å². The summed E-state index contributed by atoms with van der Waals surface area (Å²) in [5.41, 5.74) is 0. The summed E-state index contributed by atoms with van der Waals surface area (Å²) in [6.07, 6.45) is 12.2. The standard InChI is InChI=1S/C24H43N3O2/c1-3-5-9-20(4-2)23(28)27-18-12-22(13-19-27)25-16-10-21(11-17-25)24(29)26-14-7-6-8-15-26/h20-22H,3-19H2,1-2H3. The van der Waals surface area contributed by atoms with Gasteiger partial charge in [-0.15, -0.1) is 0 Å². The Kier molecular flexibility index (Phi) is 8.83. The Balaban J connectivity index is 1.40. The number of carbonyl (C=O) groups is 2. The Hall–Kier alpha value is -1.10. The van der Waals surface area contributed by atoms with E-state index < -0.39 is 0 Å². The molecular weight excluding hydrogens is 362 g/mol. The highest BCUT2D eigenvalue weighted by molar-refractivity contribution is 5.79. The zero-order valence-corrected chi connectivity index (χ0v) is 18.9. The second-order valence-corrected chi connectivity index (χ2v) is 9.50. The zero-order chi connectivity index (χ0) is 20.6. The first kappa shape index (κ1) is 22.6. The van der Waals surface area contributed by atoms with Crippen LogP contribution in [0, 0.1) is 11.8 Å². The molecule has 0 N–H and O–H groups in total. The minimum absolute atomic E-state index is 0.225. The zero-order valence-electron chi connectivity index (χ0n) is 18.9. The number of likely N-dealkylation sites (tertiary alicyclic amines) is 3. The monoisotopic (exact) mass is 405 g/mol. The van der Waals surface area contributed by atoms with Gasteiger partial charge in [-0.1, -0.05) is 26.7 Å². The molecule has 29 heavy (non-hydrogen) atoms. The lowest BCUT2D eigenvalue weighted by atomic mass is 9.91. The number of hydrogen-bond donors (Lipinski definition) is 0. The van der Waals surface area contributed by atoms with E-state index in [4.69, 9.17) is 0 Å². The molecule has 3 aliphatic heterocycles. The fraction of sp³-hybridized carbons (Fsp3) is 0.917. The average Bonchev–Trinajstić information content (AvgIpc) is 2.80. The van der Waals surface area contributed by atoms with Crippen molar-refractivity contribution < 1.29 is 9.59 Å². The Labute approximate surface area is 178 Å². The lowest BCUT2D eigenvalue weighted by Crippen LogP contribution is -2.51. The maximum atomic E-state index is 12.9. The van der Waals surface area contributed by atoms with E-state index in [9.17, 15) is 9.59 Å². The molecule has 0 spiro atoms. The topological polar surface area (TPSA) is 43.9 Å². The van der Waals surface area contributed by atoms with Gasteiger partial charge in [0.15, 0.2) is 0 Å². The summed E-state index contributed by atoms with van der Waals surface area (Å²) in [6.45, 7) is 10.2. The number of piperidine rings is 3. The molecule has 166 valence electrons. The molecule has 5 nitrogen and oxygen atoms in total. The van der Waals surface area contributed by atoms with Crippen molar-refractivity contribution in [2.45, 2.75) is 90.5 Å². The molecule has 3 heterocycles. The quantitative estimate of drug-likeness (QED) is 0.645. The van der Waals surface area contributed by atoms with E-state index in [-0.39, 0.29) is 11.8 Å². The first-order valence-corrected chi connectivity index (χ1v) is 12.5. The van der Waals surface area contributed by atoms with Crippen molar-refractivity contribution in [3.8, 4) is 0 Å².